The molecule has 58 heavy (non-hydrogen) atoms. The predicted octanol–water partition coefficient (Wildman–Crippen LogP) is 9.79. The van der Waals surface area contributed by atoms with Crippen LogP contribution in [0, 0.1) is 5.92 Å². The minimum absolute atomic E-state index is 0.0168. The molecule has 0 aliphatic heterocycles. The first-order chi connectivity index (χ1) is 28.4. The highest BCUT2D eigenvalue weighted by Gasteiger charge is 2.58. The molecule has 0 radical (unpaired) electrons. The fourth-order valence-corrected chi connectivity index (χ4v) is 9.84. The van der Waals surface area contributed by atoms with Gasteiger partial charge >= 0.3 is 11.9 Å². The van der Waals surface area contributed by atoms with Gasteiger partial charge in [0, 0.05) is 24.1 Å². The van der Waals surface area contributed by atoms with E-state index in [0.717, 1.165) is 39.5 Å². The van der Waals surface area contributed by atoms with Crippen LogP contribution in [0.1, 0.15) is 56.8 Å². The molecular weight excluding hydrogens is 748 g/mol. The molecule has 290 valence electrons. The number of rotatable bonds is 13. The van der Waals surface area contributed by atoms with Crippen molar-refractivity contribution in [1.29, 1.82) is 0 Å². The lowest BCUT2D eigenvalue weighted by atomic mass is 9.56. The molecule has 0 amide bonds. The fraction of sp³-hybridized carbons (Fsp3) is 0.200. The van der Waals surface area contributed by atoms with Gasteiger partial charge in [-0.25, -0.2) is 4.79 Å². The van der Waals surface area contributed by atoms with E-state index in [-0.39, 0.29) is 38.3 Å². The summed E-state index contributed by atoms with van der Waals surface area (Å²) in [7, 11) is 1.67. The van der Waals surface area contributed by atoms with Crippen LogP contribution in [0.4, 0.5) is 0 Å². The summed E-state index contributed by atoms with van der Waals surface area (Å²) in [4.78, 5) is 25.4. The molecule has 4 aliphatic carbocycles. The lowest BCUT2D eigenvalue weighted by Crippen LogP contribution is -2.52. The molecule has 4 aliphatic rings. The zero-order valence-electron chi connectivity index (χ0n) is 32.0. The van der Waals surface area contributed by atoms with Crippen LogP contribution in [0.15, 0.2) is 152 Å². The van der Waals surface area contributed by atoms with Gasteiger partial charge in [0.2, 0.25) is 0 Å². The molecule has 0 saturated carbocycles. The number of halogens is 1. The highest BCUT2D eigenvalue weighted by Crippen LogP contribution is 2.60. The lowest BCUT2D eigenvalue weighted by molar-refractivity contribution is -0.163. The third-order valence-corrected chi connectivity index (χ3v) is 12.2. The highest BCUT2D eigenvalue weighted by molar-refractivity contribution is 6.30. The number of methoxy groups -OCH3 is 1. The van der Waals surface area contributed by atoms with Crippen LogP contribution in [0.3, 0.4) is 0 Å². The Morgan fingerprint density at radius 2 is 1.19 bits per heavy atom. The van der Waals surface area contributed by atoms with Crippen LogP contribution < -0.4 is 9.47 Å². The van der Waals surface area contributed by atoms with E-state index in [1.54, 1.807) is 7.11 Å². The van der Waals surface area contributed by atoms with Crippen molar-refractivity contribution in [3.63, 3.8) is 0 Å². The van der Waals surface area contributed by atoms with Gasteiger partial charge in [-0.15, -0.1) is 0 Å². The SMILES string of the molecule is C=CC(=O)OCCOc1ccc(C2(c3ccc(OCCOC(=O)C4CC5c6ccccc6C4(OC)c4ccc(Cl)cc45)cc3)c3ccccc3-c3ccccc32)cc1. The van der Waals surface area contributed by atoms with Crippen LogP contribution in [-0.2, 0) is 34.8 Å². The fourth-order valence-electron chi connectivity index (χ4n) is 9.66. The van der Waals surface area contributed by atoms with E-state index in [1.165, 1.54) is 22.3 Å². The number of carbonyl (C=O) groups excluding carboxylic acids is 2. The van der Waals surface area contributed by atoms with E-state index in [9.17, 15) is 9.59 Å². The second-order valence-corrected chi connectivity index (χ2v) is 15.2. The van der Waals surface area contributed by atoms with Crippen molar-refractivity contribution in [3.05, 3.63) is 202 Å². The van der Waals surface area contributed by atoms with E-state index < -0.39 is 22.9 Å². The van der Waals surface area contributed by atoms with Crippen molar-refractivity contribution in [2.75, 3.05) is 33.5 Å². The first-order valence-corrected chi connectivity index (χ1v) is 19.8. The van der Waals surface area contributed by atoms with Gasteiger partial charge in [0.15, 0.2) is 0 Å². The molecule has 0 spiro atoms. The maximum atomic E-state index is 13.9. The molecule has 3 unspecified atom stereocenters. The third kappa shape index (κ3) is 6.00. The summed E-state index contributed by atoms with van der Waals surface area (Å²) < 4.78 is 29.4. The Morgan fingerprint density at radius 3 is 1.78 bits per heavy atom. The Morgan fingerprint density at radius 1 is 0.655 bits per heavy atom. The summed E-state index contributed by atoms with van der Waals surface area (Å²) in [5, 5.41) is 0.662. The molecule has 3 atom stereocenters. The zero-order valence-corrected chi connectivity index (χ0v) is 32.7. The van der Waals surface area contributed by atoms with Gasteiger partial charge in [-0.1, -0.05) is 121 Å². The molecule has 8 heteroatoms. The zero-order chi connectivity index (χ0) is 39.9. The van der Waals surface area contributed by atoms with Crippen molar-refractivity contribution in [1.82, 2.24) is 0 Å². The van der Waals surface area contributed by atoms with Crippen molar-refractivity contribution in [2.45, 2.75) is 23.4 Å². The van der Waals surface area contributed by atoms with Gasteiger partial charge in [0.1, 0.15) is 43.5 Å². The Labute approximate surface area is 342 Å². The molecule has 7 nitrogen and oxygen atoms in total. The Hall–Kier alpha value is -6.15. The standard InChI is InChI=1S/C50H41ClO7/c1-3-47(52)57-28-26-55-35-21-16-32(17-22-35)49(42-13-7-4-10-37(42)38-11-5-8-14-43(38)49)33-18-23-36(24-19-33)56-27-29-58-48(53)46-31-40-39-12-6-9-15-44(39)50(46,54-2)45-25-20-34(51)30-41(40)45/h3-25,30,40,46H,1,26-29,31H2,2H3. The van der Waals surface area contributed by atoms with Gasteiger partial charge in [-0.3, -0.25) is 4.79 Å². The Balaban J connectivity index is 0.932. The number of fused-ring (bicyclic) bond motifs is 4. The summed E-state index contributed by atoms with van der Waals surface area (Å²) in [5.74, 6) is 0.0374. The molecule has 0 heterocycles. The van der Waals surface area contributed by atoms with Crippen LogP contribution in [0.5, 0.6) is 11.5 Å². The molecule has 2 bridgehead atoms. The normalized spacial score (nSPS) is 18.9. The van der Waals surface area contributed by atoms with Crippen molar-refractivity contribution in [2.24, 2.45) is 5.92 Å². The third-order valence-electron chi connectivity index (χ3n) is 12.0. The molecule has 0 aromatic heterocycles. The Bertz CT molecular complexity index is 2480. The predicted molar refractivity (Wildman–Crippen MR) is 222 cm³/mol. The molecule has 6 aromatic rings. The number of carbonyl (C=O) groups is 2. The number of hydrogen-bond acceptors (Lipinski definition) is 7. The van der Waals surface area contributed by atoms with Crippen molar-refractivity contribution >= 4 is 23.5 Å². The van der Waals surface area contributed by atoms with Gasteiger partial charge in [-0.2, -0.15) is 0 Å². The Kier molecular flexibility index (Phi) is 9.88. The van der Waals surface area contributed by atoms with Crippen molar-refractivity contribution < 1.29 is 33.3 Å². The molecule has 10 rings (SSSR count). The van der Waals surface area contributed by atoms with Gasteiger partial charge < -0.3 is 23.7 Å². The van der Waals surface area contributed by atoms with Crippen LogP contribution in [0.25, 0.3) is 11.1 Å². The van der Waals surface area contributed by atoms with Crippen LogP contribution in [0.2, 0.25) is 5.02 Å². The highest BCUT2D eigenvalue weighted by atomic mass is 35.5. The van der Waals surface area contributed by atoms with Crippen LogP contribution >= 0.6 is 11.6 Å². The first-order valence-electron chi connectivity index (χ1n) is 19.5. The first kappa shape index (κ1) is 37.4. The monoisotopic (exact) mass is 788 g/mol. The van der Waals surface area contributed by atoms with E-state index in [2.05, 4.69) is 91.5 Å². The maximum absolute atomic E-state index is 13.9. The molecule has 6 aromatic carbocycles. The van der Waals surface area contributed by atoms with Gasteiger partial charge in [0.05, 0.1) is 11.3 Å². The van der Waals surface area contributed by atoms with E-state index in [1.807, 2.05) is 54.6 Å². The maximum Gasteiger partial charge on any atom is 0.330 e. The second-order valence-electron chi connectivity index (χ2n) is 14.7. The quantitative estimate of drug-likeness (QED) is 0.0654. The number of hydrogen-bond donors (Lipinski definition) is 0. The lowest BCUT2D eigenvalue weighted by Gasteiger charge is -2.52. The van der Waals surface area contributed by atoms with Crippen LogP contribution in [-0.4, -0.2) is 45.5 Å². The molecule has 0 saturated heterocycles. The summed E-state index contributed by atoms with van der Waals surface area (Å²) in [6.45, 7) is 4.06. The smallest absolute Gasteiger partial charge is 0.330 e. The summed E-state index contributed by atoms with van der Waals surface area (Å²) >= 11 is 6.45. The minimum Gasteiger partial charge on any atom is -0.490 e. The number of esters is 2. The van der Waals surface area contributed by atoms with Crippen molar-refractivity contribution in [3.8, 4) is 22.6 Å². The largest absolute Gasteiger partial charge is 0.490 e. The van der Waals surface area contributed by atoms with E-state index in [4.69, 9.17) is 35.3 Å². The number of ether oxygens (including phenoxy) is 5. The second kappa shape index (κ2) is 15.3. The summed E-state index contributed by atoms with van der Waals surface area (Å²) in [6, 6.07) is 47.4. The average molecular weight is 789 g/mol. The average Bonchev–Trinajstić information content (AvgIpc) is 3.57. The number of benzene rings is 6. The topological polar surface area (TPSA) is 80.3 Å². The minimum atomic E-state index is -0.971. The molecule has 0 fully saturated rings. The van der Waals surface area contributed by atoms with E-state index >= 15 is 0 Å². The molecule has 0 N–H and O–H groups in total. The summed E-state index contributed by atoms with van der Waals surface area (Å²) in [6.07, 6.45) is 1.70. The summed E-state index contributed by atoms with van der Waals surface area (Å²) in [5.41, 5.74) is 9.52. The molecular formula is C50H41ClO7. The van der Waals surface area contributed by atoms with E-state index in [0.29, 0.717) is 22.9 Å². The van der Waals surface area contributed by atoms with Gasteiger partial charge in [-0.05, 0) is 98.5 Å². The van der Waals surface area contributed by atoms with Gasteiger partial charge in [0.25, 0.3) is 0 Å².